The minimum absolute atomic E-state index is 0.0193. The summed E-state index contributed by atoms with van der Waals surface area (Å²) in [5.74, 6) is -0.181. The number of phenols is 1. The molecular weight excluding hydrogens is 415 g/mol. The van der Waals surface area contributed by atoms with Crippen LogP contribution in [-0.2, 0) is 6.18 Å². The number of rotatable bonds is 3. The summed E-state index contributed by atoms with van der Waals surface area (Å²) < 4.78 is 39.6. The predicted molar refractivity (Wildman–Crippen MR) is 123 cm³/mol. The number of aromatic amines is 1. The van der Waals surface area contributed by atoms with Crippen LogP contribution < -0.4 is 10.2 Å². The Kier molecular flexibility index (Phi) is 5.24. The fraction of sp³-hybridized carbons (Fsp3) is 0.440. The lowest BCUT2D eigenvalue weighted by Gasteiger charge is -2.49. The molecule has 2 heterocycles. The molecule has 0 spiro atoms. The van der Waals surface area contributed by atoms with Crippen molar-refractivity contribution < 1.29 is 18.3 Å². The van der Waals surface area contributed by atoms with Gasteiger partial charge in [-0.2, -0.15) is 13.2 Å². The van der Waals surface area contributed by atoms with E-state index >= 15 is 0 Å². The molecule has 0 radical (unpaired) electrons. The number of benzene rings is 2. The normalized spacial score (nSPS) is 18.8. The second-order valence-electron chi connectivity index (χ2n) is 10.2. The highest BCUT2D eigenvalue weighted by molar-refractivity contribution is 5.98. The molecule has 4 nitrogen and oxygen atoms in total. The smallest absolute Gasteiger partial charge is 0.416 e. The molecule has 4 rings (SSSR count). The van der Waals surface area contributed by atoms with Gasteiger partial charge in [-0.1, -0.05) is 6.07 Å². The van der Waals surface area contributed by atoms with Gasteiger partial charge >= 0.3 is 6.18 Å². The zero-order valence-corrected chi connectivity index (χ0v) is 19.1. The number of anilines is 1. The monoisotopic (exact) mass is 445 g/mol. The van der Waals surface area contributed by atoms with Crippen molar-refractivity contribution in [1.29, 1.82) is 0 Å². The number of nitrogens with one attached hydrogen (secondary N) is 2. The molecule has 172 valence electrons. The van der Waals surface area contributed by atoms with Crippen LogP contribution in [0.5, 0.6) is 5.75 Å². The molecule has 1 fully saturated rings. The first-order valence-electron chi connectivity index (χ1n) is 10.8. The average molecular weight is 446 g/mol. The fourth-order valence-corrected chi connectivity index (χ4v) is 5.24. The standard InChI is InChI=1S/C25H30F3N3O/c1-23(2)12-17(13-24(3,4)30-23)31(5)16-7-8-18-20(14-29-21(18)11-16)19-10-15(25(26,27)28)6-9-22(19)32/h6-11,14,17,29-30,32H,12-13H2,1-5H3. The number of halogens is 3. The van der Waals surface area contributed by atoms with Crippen LogP contribution in [0, 0.1) is 0 Å². The summed E-state index contributed by atoms with van der Waals surface area (Å²) in [6, 6.07) is 9.25. The molecule has 1 aliphatic heterocycles. The van der Waals surface area contributed by atoms with Crippen molar-refractivity contribution in [2.75, 3.05) is 11.9 Å². The molecule has 1 aliphatic rings. The number of phenolic OH excluding ortho intramolecular Hbond substituents is 1. The number of hydrogen-bond donors (Lipinski definition) is 3. The van der Waals surface area contributed by atoms with Crippen molar-refractivity contribution in [3.8, 4) is 16.9 Å². The summed E-state index contributed by atoms with van der Waals surface area (Å²) in [5.41, 5.74) is 1.81. The van der Waals surface area contributed by atoms with E-state index < -0.39 is 11.7 Å². The van der Waals surface area contributed by atoms with E-state index in [0.717, 1.165) is 47.6 Å². The Morgan fingerprint density at radius 3 is 2.25 bits per heavy atom. The first-order chi connectivity index (χ1) is 14.8. The molecular formula is C25H30F3N3O. The van der Waals surface area contributed by atoms with E-state index in [1.54, 1.807) is 6.20 Å². The topological polar surface area (TPSA) is 51.3 Å². The largest absolute Gasteiger partial charge is 0.507 e. The second kappa shape index (κ2) is 7.44. The third-order valence-electron chi connectivity index (χ3n) is 6.40. The van der Waals surface area contributed by atoms with Gasteiger partial charge in [0.2, 0.25) is 0 Å². The molecule has 2 aromatic carbocycles. The number of alkyl halides is 3. The summed E-state index contributed by atoms with van der Waals surface area (Å²) >= 11 is 0. The molecule has 1 aromatic heterocycles. The summed E-state index contributed by atoms with van der Waals surface area (Å²) in [6.45, 7) is 8.88. The molecule has 0 bridgehead atoms. The summed E-state index contributed by atoms with van der Waals surface area (Å²) in [6.07, 6.45) is -0.820. The van der Waals surface area contributed by atoms with Gasteiger partial charge in [-0.05, 0) is 70.9 Å². The number of nitrogens with zero attached hydrogens (tertiary/aromatic N) is 1. The van der Waals surface area contributed by atoms with Crippen molar-refractivity contribution in [2.45, 2.75) is 63.8 Å². The van der Waals surface area contributed by atoms with Crippen molar-refractivity contribution in [3.05, 3.63) is 48.2 Å². The zero-order chi connectivity index (χ0) is 23.5. The van der Waals surface area contributed by atoms with Gasteiger partial charge in [-0.3, -0.25) is 0 Å². The Balaban J connectivity index is 1.68. The molecule has 0 saturated carbocycles. The van der Waals surface area contributed by atoms with Crippen molar-refractivity contribution in [3.63, 3.8) is 0 Å². The maximum Gasteiger partial charge on any atom is 0.416 e. The van der Waals surface area contributed by atoms with Crippen LogP contribution in [0.1, 0.15) is 46.1 Å². The SMILES string of the molecule is CN(c1ccc2c(-c3cc(C(F)(F)F)ccc3O)c[nH]c2c1)C1CC(C)(C)NC(C)(C)C1. The second-order valence-corrected chi connectivity index (χ2v) is 10.2. The first kappa shape index (κ1) is 22.5. The lowest BCUT2D eigenvalue weighted by molar-refractivity contribution is -0.137. The Morgan fingerprint density at radius 1 is 0.969 bits per heavy atom. The van der Waals surface area contributed by atoms with E-state index in [-0.39, 0.29) is 22.4 Å². The first-order valence-corrected chi connectivity index (χ1v) is 10.8. The van der Waals surface area contributed by atoms with E-state index in [1.807, 2.05) is 18.2 Å². The lowest BCUT2D eigenvalue weighted by atomic mass is 9.79. The molecule has 0 atom stereocenters. The molecule has 3 N–H and O–H groups in total. The summed E-state index contributed by atoms with van der Waals surface area (Å²) in [7, 11) is 2.09. The van der Waals surface area contributed by atoms with Crippen LogP contribution in [0.2, 0.25) is 0 Å². The average Bonchev–Trinajstić information content (AvgIpc) is 3.07. The van der Waals surface area contributed by atoms with E-state index in [0.29, 0.717) is 11.6 Å². The van der Waals surface area contributed by atoms with E-state index in [1.165, 1.54) is 0 Å². The minimum Gasteiger partial charge on any atom is -0.507 e. The number of piperidine rings is 1. The lowest BCUT2D eigenvalue weighted by Crippen LogP contribution is -2.61. The van der Waals surface area contributed by atoms with Gasteiger partial charge < -0.3 is 20.3 Å². The number of hydrogen-bond acceptors (Lipinski definition) is 3. The predicted octanol–water partition coefficient (Wildman–Crippen LogP) is 6.30. The number of aromatic nitrogens is 1. The fourth-order valence-electron chi connectivity index (χ4n) is 5.24. The molecule has 0 aliphatic carbocycles. The van der Waals surface area contributed by atoms with Crippen LogP contribution in [0.25, 0.3) is 22.0 Å². The summed E-state index contributed by atoms with van der Waals surface area (Å²) in [5, 5.41) is 14.7. The molecule has 3 aromatic rings. The van der Waals surface area contributed by atoms with Crippen LogP contribution in [0.15, 0.2) is 42.6 Å². The Bertz CT molecular complexity index is 1130. The maximum absolute atomic E-state index is 13.2. The van der Waals surface area contributed by atoms with Crippen LogP contribution in [0.3, 0.4) is 0 Å². The Labute approximate surface area is 186 Å². The highest BCUT2D eigenvalue weighted by Crippen LogP contribution is 2.40. The van der Waals surface area contributed by atoms with Gasteiger partial charge in [0.25, 0.3) is 0 Å². The quantitative estimate of drug-likeness (QED) is 0.443. The maximum atomic E-state index is 13.2. The van der Waals surface area contributed by atoms with Gasteiger partial charge in [0.1, 0.15) is 5.75 Å². The van der Waals surface area contributed by atoms with Crippen molar-refractivity contribution >= 4 is 16.6 Å². The highest BCUT2D eigenvalue weighted by Gasteiger charge is 2.39. The van der Waals surface area contributed by atoms with E-state index in [9.17, 15) is 18.3 Å². The van der Waals surface area contributed by atoms with Crippen LogP contribution in [0.4, 0.5) is 18.9 Å². The number of H-pyrrole nitrogens is 1. The minimum atomic E-state index is -4.47. The van der Waals surface area contributed by atoms with Gasteiger partial charge in [0.15, 0.2) is 0 Å². The molecule has 1 saturated heterocycles. The highest BCUT2D eigenvalue weighted by atomic mass is 19.4. The van der Waals surface area contributed by atoms with E-state index in [4.69, 9.17) is 0 Å². The third-order valence-corrected chi connectivity index (χ3v) is 6.40. The van der Waals surface area contributed by atoms with Crippen molar-refractivity contribution in [1.82, 2.24) is 10.3 Å². The number of aromatic hydroxyl groups is 1. The number of fused-ring (bicyclic) bond motifs is 1. The third kappa shape index (κ3) is 4.31. The van der Waals surface area contributed by atoms with E-state index in [2.05, 4.69) is 49.9 Å². The molecule has 32 heavy (non-hydrogen) atoms. The Morgan fingerprint density at radius 2 is 1.62 bits per heavy atom. The van der Waals surface area contributed by atoms with Crippen molar-refractivity contribution in [2.24, 2.45) is 0 Å². The zero-order valence-electron chi connectivity index (χ0n) is 19.1. The van der Waals surface area contributed by atoms with Crippen LogP contribution >= 0.6 is 0 Å². The van der Waals surface area contributed by atoms with Gasteiger partial charge in [-0.25, -0.2) is 0 Å². The molecule has 7 heteroatoms. The van der Waals surface area contributed by atoms with Gasteiger partial charge in [-0.15, -0.1) is 0 Å². The van der Waals surface area contributed by atoms with Crippen LogP contribution in [-0.4, -0.2) is 34.3 Å². The molecule has 0 unspecified atom stereocenters. The molecule has 0 amide bonds. The van der Waals surface area contributed by atoms with Gasteiger partial charge in [0, 0.05) is 58.1 Å². The Hall–Kier alpha value is -2.67. The van der Waals surface area contributed by atoms with Gasteiger partial charge in [0.05, 0.1) is 5.56 Å². The summed E-state index contributed by atoms with van der Waals surface area (Å²) in [4.78, 5) is 5.46.